The highest BCUT2D eigenvalue weighted by Gasteiger charge is 2.29. The van der Waals surface area contributed by atoms with Crippen LogP contribution < -0.4 is 0 Å². The average molecular weight is 305 g/mol. The number of alkyl halides is 1. The molecule has 1 heterocycles. The van der Waals surface area contributed by atoms with Crippen molar-refractivity contribution in [2.24, 2.45) is 5.41 Å². The van der Waals surface area contributed by atoms with Crippen LogP contribution in [0.1, 0.15) is 57.0 Å². The molecule has 0 amide bonds. The lowest BCUT2D eigenvalue weighted by Crippen LogP contribution is -2.24. The van der Waals surface area contributed by atoms with E-state index in [1.807, 2.05) is 0 Å². The molecule has 3 heteroatoms. The number of imidazole rings is 1. The van der Waals surface area contributed by atoms with Crippen molar-refractivity contribution in [1.29, 1.82) is 0 Å². The monoisotopic (exact) mass is 304 g/mol. The lowest BCUT2D eigenvalue weighted by atomic mass is 9.75. The van der Waals surface area contributed by atoms with Crippen molar-refractivity contribution in [3.8, 4) is 0 Å². The summed E-state index contributed by atoms with van der Waals surface area (Å²) in [5.74, 6) is 1.80. The molecule has 1 aromatic carbocycles. The number of hydrogen-bond donors (Lipinski definition) is 0. The summed E-state index contributed by atoms with van der Waals surface area (Å²) in [7, 11) is 0. The first kappa shape index (κ1) is 14.9. The molecule has 1 aliphatic rings. The summed E-state index contributed by atoms with van der Waals surface area (Å²) in [6, 6.07) is 7.20. The van der Waals surface area contributed by atoms with E-state index in [0.717, 1.165) is 17.8 Å². The van der Waals surface area contributed by atoms with Crippen molar-refractivity contribution in [1.82, 2.24) is 9.55 Å². The zero-order valence-corrected chi connectivity index (χ0v) is 14.1. The first-order valence-electron chi connectivity index (χ1n) is 8.04. The molecule has 0 saturated heterocycles. The summed E-state index contributed by atoms with van der Waals surface area (Å²) in [5.41, 5.74) is 4.18. The van der Waals surface area contributed by atoms with E-state index < -0.39 is 0 Å². The lowest BCUT2D eigenvalue weighted by molar-refractivity contribution is 0.194. The first-order valence-corrected chi connectivity index (χ1v) is 8.57. The molecular formula is C18H25ClN2. The molecule has 0 unspecified atom stereocenters. The van der Waals surface area contributed by atoms with Gasteiger partial charge in [0.2, 0.25) is 0 Å². The Bertz CT molecular complexity index is 632. The van der Waals surface area contributed by atoms with Crippen molar-refractivity contribution in [2.45, 2.75) is 58.9 Å². The van der Waals surface area contributed by atoms with Gasteiger partial charge in [0.15, 0.2) is 0 Å². The van der Waals surface area contributed by atoms with Gasteiger partial charge >= 0.3 is 0 Å². The Labute approximate surface area is 132 Å². The molecule has 2 nitrogen and oxygen atoms in total. The molecule has 0 aliphatic heterocycles. The Morgan fingerprint density at radius 3 is 2.67 bits per heavy atom. The van der Waals surface area contributed by atoms with Gasteiger partial charge in [0.25, 0.3) is 0 Å². The number of fused-ring (bicyclic) bond motifs is 1. The van der Waals surface area contributed by atoms with Crippen LogP contribution in [0.2, 0.25) is 0 Å². The molecule has 0 N–H and O–H groups in total. The van der Waals surface area contributed by atoms with Crippen LogP contribution in [0.25, 0.3) is 11.0 Å². The second kappa shape index (κ2) is 5.64. The molecule has 3 rings (SSSR count). The van der Waals surface area contributed by atoms with Gasteiger partial charge in [0.1, 0.15) is 5.82 Å². The zero-order valence-electron chi connectivity index (χ0n) is 13.3. The van der Waals surface area contributed by atoms with Crippen LogP contribution in [-0.4, -0.2) is 15.4 Å². The third kappa shape index (κ3) is 2.96. The van der Waals surface area contributed by atoms with E-state index in [2.05, 4.69) is 43.5 Å². The molecular weight excluding hydrogens is 280 g/mol. The van der Waals surface area contributed by atoms with Gasteiger partial charge in [0.05, 0.1) is 11.0 Å². The van der Waals surface area contributed by atoms with E-state index in [4.69, 9.17) is 16.6 Å². The number of benzene rings is 1. The van der Waals surface area contributed by atoms with E-state index >= 15 is 0 Å². The van der Waals surface area contributed by atoms with Gasteiger partial charge in [-0.1, -0.05) is 19.9 Å². The highest BCUT2D eigenvalue weighted by atomic mass is 35.5. The molecule has 0 atom stereocenters. The largest absolute Gasteiger partial charge is 0.325 e. The molecule has 0 spiro atoms. The first-order chi connectivity index (χ1) is 10.00. The molecule has 114 valence electrons. The maximum absolute atomic E-state index is 6.00. The van der Waals surface area contributed by atoms with Gasteiger partial charge in [-0.25, -0.2) is 4.98 Å². The topological polar surface area (TPSA) is 17.8 Å². The highest BCUT2D eigenvalue weighted by molar-refractivity contribution is 6.17. The molecule has 0 radical (unpaired) electrons. The minimum Gasteiger partial charge on any atom is -0.325 e. The van der Waals surface area contributed by atoms with Crippen molar-refractivity contribution in [2.75, 3.05) is 5.88 Å². The van der Waals surface area contributed by atoms with Crippen LogP contribution in [-0.2, 0) is 6.42 Å². The van der Waals surface area contributed by atoms with Crippen molar-refractivity contribution in [3.63, 3.8) is 0 Å². The Hall–Kier alpha value is -1.02. The van der Waals surface area contributed by atoms with Crippen LogP contribution in [0, 0.1) is 12.3 Å². The number of aryl methyl sites for hydroxylation is 2. The van der Waals surface area contributed by atoms with E-state index in [-0.39, 0.29) is 0 Å². The maximum atomic E-state index is 6.00. The lowest BCUT2D eigenvalue weighted by Gasteiger charge is -2.35. The van der Waals surface area contributed by atoms with Crippen molar-refractivity contribution < 1.29 is 0 Å². The fraction of sp³-hybridized carbons (Fsp3) is 0.611. The summed E-state index contributed by atoms with van der Waals surface area (Å²) in [6.07, 6.45) is 5.95. The normalized spacial score (nSPS) is 19.2. The summed E-state index contributed by atoms with van der Waals surface area (Å²) >= 11 is 6.00. The quantitative estimate of drug-likeness (QED) is 0.707. The Morgan fingerprint density at radius 2 is 2.00 bits per heavy atom. The van der Waals surface area contributed by atoms with Crippen LogP contribution in [0.5, 0.6) is 0 Å². The van der Waals surface area contributed by atoms with Crippen LogP contribution in [0.15, 0.2) is 18.2 Å². The number of hydrogen-bond acceptors (Lipinski definition) is 1. The number of rotatable bonds is 3. The van der Waals surface area contributed by atoms with Crippen LogP contribution >= 0.6 is 11.6 Å². The predicted molar refractivity (Wildman–Crippen MR) is 90.2 cm³/mol. The van der Waals surface area contributed by atoms with Gasteiger partial charge in [-0.2, -0.15) is 0 Å². The Morgan fingerprint density at radius 1 is 1.29 bits per heavy atom. The maximum Gasteiger partial charge on any atom is 0.111 e. The fourth-order valence-electron chi connectivity index (χ4n) is 3.57. The van der Waals surface area contributed by atoms with E-state index in [1.165, 1.54) is 36.8 Å². The Kier molecular flexibility index (Phi) is 4.00. The molecule has 2 aromatic rings. The third-order valence-corrected chi connectivity index (χ3v) is 5.10. The summed E-state index contributed by atoms with van der Waals surface area (Å²) in [5, 5.41) is 0. The fourth-order valence-corrected chi connectivity index (χ4v) is 3.74. The van der Waals surface area contributed by atoms with Gasteiger partial charge in [-0.05, 0) is 55.7 Å². The summed E-state index contributed by atoms with van der Waals surface area (Å²) in [6.45, 7) is 6.90. The standard InChI is InChI=1S/C18H25ClN2/c1-13-4-5-16-15(12-13)20-17(8-11-19)21(16)14-6-9-18(2,3)10-7-14/h4-5,12,14H,6-11H2,1-3H3. The van der Waals surface area contributed by atoms with E-state index in [9.17, 15) is 0 Å². The van der Waals surface area contributed by atoms with Gasteiger partial charge in [0, 0.05) is 18.3 Å². The van der Waals surface area contributed by atoms with Gasteiger partial charge < -0.3 is 4.57 Å². The third-order valence-electron chi connectivity index (χ3n) is 4.91. The smallest absolute Gasteiger partial charge is 0.111 e. The molecule has 21 heavy (non-hydrogen) atoms. The van der Waals surface area contributed by atoms with E-state index in [1.54, 1.807) is 0 Å². The highest BCUT2D eigenvalue weighted by Crippen LogP contribution is 2.41. The minimum absolute atomic E-state index is 0.496. The molecule has 1 fully saturated rings. The molecule has 1 aliphatic carbocycles. The average Bonchev–Trinajstić information content (AvgIpc) is 2.76. The predicted octanol–water partition coefficient (Wildman–Crippen LogP) is 5.27. The summed E-state index contributed by atoms with van der Waals surface area (Å²) < 4.78 is 2.48. The van der Waals surface area contributed by atoms with Crippen molar-refractivity contribution >= 4 is 22.6 Å². The molecule has 1 aromatic heterocycles. The SMILES string of the molecule is Cc1ccc2c(c1)nc(CCCl)n2C1CCC(C)(C)CC1. The summed E-state index contributed by atoms with van der Waals surface area (Å²) in [4.78, 5) is 4.85. The van der Waals surface area contributed by atoms with Crippen molar-refractivity contribution in [3.05, 3.63) is 29.6 Å². The van der Waals surface area contributed by atoms with Gasteiger partial charge in [-0.3, -0.25) is 0 Å². The Balaban J connectivity index is 2.01. The number of halogens is 1. The molecule has 0 bridgehead atoms. The molecule has 1 saturated carbocycles. The number of nitrogens with zero attached hydrogens (tertiary/aromatic N) is 2. The van der Waals surface area contributed by atoms with Crippen LogP contribution in [0.4, 0.5) is 0 Å². The van der Waals surface area contributed by atoms with E-state index in [0.29, 0.717) is 17.3 Å². The number of aromatic nitrogens is 2. The second-order valence-electron chi connectivity index (χ2n) is 7.22. The van der Waals surface area contributed by atoms with Crippen LogP contribution in [0.3, 0.4) is 0 Å². The second-order valence-corrected chi connectivity index (χ2v) is 7.60. The minimum atomic E-state index is 0.496. The zero-order chi connectivity index (χ0) is 15.0. The van der Waals surface area contributed by atoms with Gasteiger partial charge in [-0.15, -0.1) is 11.6 Å².